The van der Waals surface area contributed by atoms with Crippen molar-refractivity contribution in [3.8, 4) is 0 Å². The maximum absolute atomic E-state index is 13.1. The van der Waals surface area contributed by atoms with Crippen molar-refractivity contribution in [1.29, 1.82) is 0 Å². The van der Waals surface area contributed by atoms with E-state index in [1.54, 1.807) is 0 Å². The van der Waals surface area contributed by atoms with E-state index in [0.29, 0.717) is 23.2 Å². The van der Waals surface area contributed by atoms with Crippen molar-refractivity contribution in [2.75, 3.05) is 0 Å². The summed E-state index contributed by atoms with van der Waals surface area (Å²) in [4.78, 5) is 4.25. The predicted octanol–water partition coefficient (Wildman–Crippen LogP) is 2.52. The second kappa shape index (κ2) is 4.63. The number of benzene rings is 1. The molecule has 3 rings (SSSR count). The van der Waals surface area contributed by atoms with Gasteiger partial charge in [0.1, 0.15) is 11.6 Å². The van der Waals surface area contributed by atoms with Crippen LogP contribution in [0.25, 0.3) is 0 Å². The minimum Gasteiger partial charge on any atom is -0.337 e. The molecule has 106 valence electrons. The van der Waals surface area contributed by atoms with Crippen LogP contribution in [0.4, 0.5) is 8.78 Å². The highest BCUT2D eigenvalue weighted by molar-refractivity contribution is 5.21. The van der Waals surface area contributed by atoms with E-state index >= 15 is 0 Å². The van der Waals surface area contributed by atoms with Gasteiger partial charge in [0.05, 0.1) is 5.54 Å². The number of nitrogens with zero attached hydrogens (tertiary/aromatic N) is 2. The van der Waals surface area contributed by atoms with Crippen LogP contribution in [0.15, 0.2) is 22.7 Å². The van der Waals surface area contributed by atoms with Gasteiger partial charge in [-0.1, -0.05) is 5.16 Å². The van der Waals surface area contributed by atoms with Crippen molar-refractivity contribution in [3.05, 3.63) is 47.1 Å². The van der Waals surface area contributed by atoms with Crippen LogP contribution >= 0.6 is 0 Å². The van der Waals surface area contributed by atoms with Crippen molar-refractivity contribution < 1.29 is 13.3 Å². The molecule has 1 aromatic carbocycles. The zero-order valence-corrected chi connectivity index (χ0v) is 11.1. The third-order valence-electron chi connectivity index (χ3n) is 3.64. The Labute approximate surface area is 115 Å². The van der Waals surface area contributed by atoms with Gasteiger partial charge < -0.3 is 10.3 Å². The molecule has 1 unspecified atom stereocenters. The Bertz CT molecular complexity index is 615. The third-order valence-corrected chi connectivity index (χ3v) is 3.64. The fourth-order valence-electron chi connectivity index (χ4n) is 2.30. The highest BCUT2D eigenvalue weighted by Gasteiger charge is 2.43. The summed E-state index contributed by atoms with van der Waals surface area (Å²) in [6.07, 6.45) is 2.32. The van der Waals surface area contributed by atoms with Crippen molar-refractivity contribution in [2.45, 2.75) is 31.7 Å². The van der Waals surface area contributed by atoms with Crippen LogP contribution in [0.1, 0.15) is 37.0 Å². The van der Waals surface area contributed by atoms with Gasteiger partial charge in [-0.3, -0.25) is 0 Å². The molecule has 2 aromatic rings. The maximum Gasteiger partial charge on any atom is 0.246 e. The van der Waals surface area contributed by atoms with E-state index in [9.17, 15) is 8.78 Å². The van der Waals surface area contributed by atoms with E-state index in [1.165, 1.54) is 12.1 Å². The Morgan fingerprint density at radius 2 is 1.95 bits per heavy atom. The summed E-state index contributed by atoms with van der Waals surface area (Å²) < 4.78 is 31.4. The molecule has 1 atom stereocenters. The largest absolute Gasteiger partial charge is 0.337 e. The SMILES string of the molecule is CC(N)(c1nc(Cc2cc(F)cc(F)c2)no1)C1CC1. The van der Waals surface area contributed by atoms with E-state index in [4.69, 9.17) is 10.3 Å². The Morgan fingerprint density at radius 3 is 2.55 bits per heavy atom. The van der Waals surface area contributed by atoms with Gasteiger partial charge in [0.2, 0.25) is 5.89 Å². The molecule has 1 aromatic heterocycles. The molecule has 0 amide bonds. The topological polar surface area (TPSA) is 64.9 Å². The number of hydrogen-bond donors (Lipinski definition) is 1. The summed E-state index contributed by atoms with van der Waals surface area (Å²) in [5.41, 5.74) is 6.01. The second-order valence-electron chi connectivity index (χ2n) is 5.53. The summed E-state index contributed by atoms with van der Waals surface area (Å²) in [7, 11) is 0. The zero-order valence-electron chi connectivity index (χ0n) is 11.1. The lowest BCUT2D eigenvalue weighted by molar-refractivity contribution is 0.272. The summed E-state index contributed by atoms with van der Waals surface area (Å²) >= 11 is 0. The minimum atomic E-state index is -0.627. The van der Waals surface area contributed by atoms with E-state index < -0.39 is 17.2 Å². The summed E-state index contributed by atoms with van der Waals surface area (Å²) in [5, 5.41) is 3.84. The van der Waals surface area contributed by atoms with Crippen LogP contribution in [0.2, 0.25) is 0 Å². The first-order valence-electron chi connectivity index (χ1n) is 6.52. The number of aromatic nitrogens is 2. The molecule has 0 bridgehead atoms. The normalized spacial score (nSPS) is 18.0. The van der Waals surface area contributed by atoms with Gasteiger partial charge in [-0.25, -0.2) is 8.78 Å². The summed E-state index contributed by atoms with van der Waals surface area (Å²) in [6, 6.07) is 3.33. The van der Waals surface area contributed by atoms with Gasteiger partial charge in [0.15, 0.2) is 5.82 Å². The van der Waals surface area contributed by atoms with Crippen molar-refractivity contribution >= 4 is 0 Å². The number of nitrogens with two attached hydrogens (primary N) is 1. The lowest BCUT2D eigenvalue weighted by atomic mass is 9.97. The van der Waals surface area contributed by atoms with Crippen LogP contribution in [0.5, 0.6) is 0 Å². The number of rotatable bonds is 4. The zero-order chi connectivity index (χ0) is 14.3. The molecule has 1 saturated carbocycles. The summed E-state index contributed by atoms with van der Waals surface area (Å²) in [6.45, 7) is 1.86. The smallest absolute Gasteiger partial charge is 0.246 e. The molecule has 0 spiro atoms. The van der Waals surface area contributed by atoms with Gasteiger partial charge in [0.25, 0.3) is 0 Å². The van der Waals surface area contributed by atoms with Gasteiger partial charge in [-0.2, -0.15) is 4.98 Å². The van der Waals surface area contributed by atoms with Crippen LogP contribution in [0, 0.1) is 17.6 Å². The van der Waals surface area contributed by atoms with Gasteiger partial charge in [0, 0.05) is 12.5 Å². The highest BCUT2D eigenvalue weighted by atomic mass is 19.1. The van der Waals surface area contributed by atoms with Crippen LogP contribution in [-0.2, 0) is 12.0 Å². The number of halogens is 2. The molecule has 6 heteroatoms. The quantitative estimate of drug-likeness (QED) is 0.934. The standard InChI is InChI=1S/C14H15F2N3O/c1-14(17,9-2-3-9)13-18-12(19-20-13)6-8-4-10(15)7-11(16)5-8/h4-5,7,9H,2-3,6,17H2,1H3. The fourth-order valence-corrected chi connectivity index (χ4v) is 2.30. The Balaban J connectivity index is 1.80. The van der Waals surface area contributed by atoms with Crippen molar-refractivity contribution in [2.24, 2.45) is 11.7 Å². The molecule has 1 aliphatic carbocycles. The lowest BCUT2D eigenvalue weighted by Gasteiger charge is -2.18. The average Bonchev–Trinajstić information content (AvgIpc) is 3.10. The van der Waals surface area contributed by atoms with Crippen LogP contribution in [-0.4, -0.2) is 10.1 Å². The van der Waals surface area contributed by atoms with E-state index in [2.05, 4.69) is 10.1 Å². The first kappa shape index (κ1) is 13.2. The first-order valence-corrected chi connectivity index (χ1v) is 6.52. The molecule has 20 heavy (non-hydrogen) atoms. The molecule has 1 aliphatic rings. The molecule has 4 nitrogen and oxygen atoms in total. The highest BCUT2D eigenvalue weighted by Crippen LogP contribution is 2.43. The third kappa shape index (κ3) is 2.56. The molecular weight excluding hydrogens is 264 g/mol. The van der Waals surface area contributed by atoms with Gasteiger partial charge >= 0.3 is 0 Å². The molecule has 1 heterocycles. The predicted molar refractivity (Wildman–Crippen MR) is 67.7 cm³/mol. The molecule has 0 aliphatic heterocycles. The van der Waals surface area contributed by atoms with E-state index in [0.717, 1.165) is 18.9 Å². The van der Waals surface area contributed by atoms with E-state index in [-0.39, 0.29) is 6.42 Å². The Morgan fingerprint density at radius 1 is 1.30 bits per heavy atom. The molecule has 1 fully saturated rings. The summed E-state index contributed by atoms with van der Waals surface area (Å²) in [5.74, 6) is -0.118. The molecule has 0 saturated heterocycles. The van der Waals surface area contributed by atoms with Crippen LogP contribution < -0.4 is 5.73 Å². The minimum absolute atomic E-state index is 0.207. The number of hydrogen-bond acceptors (Lipinski definition) is 4. The molecular formula is C14H15F2N3O. The second-order valence-corrected chi connectivity index (χ2v) is 5.53. The maximum atomic E-state index is 13.1. The lowest BCUT2D eigenvalue weighted by Crippen LogP contribution is -2.35. The van der Waals surface area contributed by atoms with Gasteiger partial charge in [-0.05, 0) is 43.4 Å². The molecule has 0 radical (unpaired) electrons. The van der Waals surface area contributed by atoms with Crippen LogP contribution in [0.3, 0.4) is 0 Å². The van der Waals surface area contributed by atoms with Gasteiger partial charge in [-0.15, -0.1) is 0 Å². The fraction of sp³-hybridized carbons (Fsp3) is 0.429. The van der Waals surface area contributed by atoms with Crippen molar-refractivity contribution in [3.63, 3.8) is 0 Å². The average molecular weight is 279 g/mol. The monoisotopic (exact) mass is 279 g/mol. The Hall–Kier alpha value is -1.82. The van der Waals surface area contributed by atoms with Crippen molar-refractivity contribution in [1.82, 2.24) is 10.1 Å². The molecule has 2 N–H and O–H groups in total. The Kier molecular flexibility index (Phi) is 3.05. The first-order chi connectivity index (χ1) is 9.45. The van der Waals surface area contributed by atoms with E-state index in [1.807, 2.05) is 6.92 Å².